The number of hydrogen-bond donors (Lipinski definition) is 9. The summed E-state index contributed by atoms with van der Waals surface area (Å²) in [6, 6.07) is 26.1. The number of phenols is 2. The van der Waals surface area contributed by atoms with E-state index in [0.29, 0.717) is 87.8 Å². The summed E-state index contributed by atoms with van der Waals surface area (Å²) in [7, 11) is 0. The minimum Gasteiger partial charge on any atom is -0.508 e. The van der Waals surface area contributed by atoms with Gasteiger partial charge in [0.15, 0.2) is 10.7 Å². The lowest BCUT2D eigenvalue weighted by Crippen LogP contribution is -2.49. The van der Waals surface area contributed by atoms with Gasteiger partial charge in [0.25, 0.3) is 0 Å². The number of carbonyl (C=O) groups is 6. The molecule has 4 amide bonds. The molecule has 0 fully saturated rings. The molecule has 1 atom stereocenters. The number of hydrogen-bond acceptors (Lipinski definition) is 17. The number of H-pyrrole nitrogens is 1. The lowest BCUT2D eigenvalue weighted by molar-refractivity contribution is -0.136. The number of fused-ring (bicyclic) bond motifs is 7. The predicted octanol–water partition coefficient (Wildman–Crippen LogP) is 7.87. The number of amides is 4. The average molecular weight is 1300 g/mol. The Morgan fingerprint density at radius 1 is 0.677 bits per heavy atom. The second-order valence-electron chi connectivity index (χ2n) is 23.8. The molecule has 1 spiro atoms. The third-order valence-electron chi connectivity index (χ3n) is 15.2. The Balaban J connectivity index is 0.677. The minimum atomic E-state index is -1.42. The Morgan fingerprint density at radius 3 is 1.95 bits per heavy atom. The molecular formula is C68H82FN7O16S. The topological polar surface area (TPSA) is 305 Å². The van der Waals surface area contributed by atoms with Gasteiger partial charge in [-0.25, -0.2) is 9.18 Å². The monoisotopic (exact) mass is 1300 g/mol. The number of aromatic amines is 1. The number of phenolic OH excluding ortho intramolecular Hbond substituents is 2. The number of para-hydroxylation sites is 1. The molecule has 2 aliphatic rings. The van der Waals surface area contributed by atoms with Crippen molar-refractivity contribution in [1.82, 2.24) is 31.6 Å². The third kappa shape index (κ3) is 20.9. The number of anilines is 1. The van der Waals surface area contributed by atoms with E-state index in [2.05, 4.69) is 43.0 Å². The van der Waals surface area contributed by atoms with Gasteiger partial charge in [0.05, 0.1) is 70.6 Å². The van der Waals surface area contributed by atoms with Gasteiger partial charge in [-0.05, 0) is 129 Å². The van der Waals surface area contributed by atoms with Crippen molar-refractivity contribution in [3.8, 4) is 28.7 Å². The zero-order chi connectivity index (χ0) is 66.4. The number of aromatic nitrogens is 1. The molecule has 0 aliphatic carbocycles. The molecule has 0 bridgehead atoms. The van der Waals surface area contributed by atoms with Gasteiger partial charge in [0, 0.05) is 103 Å². The highest BCUT2D eigenvalue weighted by Crippen LogP contribution is 2.57. The lowest BCUT2D eigenvalue weighted by atomic mass is 9.77. The molecule has 3 heterocycles. The number of thiocarbonyl (C=S) groups is 1. The normalized spacial score (nSPS) is 13.2. The highest BCUT2D eigenvalue weighted by molar-refractivity contribution is 7.80. The van der Waals surface area contributed by atoms with Gasteiger partial charge >= 0.3 is 11.9 Å². The van der Waals surface area contributed by atoms with Crippen molar-refractivity contribution in [2.45, 2.75) is 96.3 Å². The zero-order valence-electron chi connectivity index (χ0n) is 52.7. The molecule has 2 aliphatic heterocycles. The van der Waals surface area contributed by atoms with E-state index in [1.165, 1.54) is 47.3 Å². The maximum Gasteiger partial charge on any atom is 0.340 e. The van der Waals surface area contributed by atoms with Crippen molar-refractivity contribution in [3.05, 3.63) is 143 Å². The molecule has 93 heavy (non-hydrogen) atoms. The summed E-state index contributed by atoms with van der Waals surface area (Å²) < 4.78 is 59.7. The van der Waals surface area contributed by atoms with E-state index >= 15 is 0 Å². The van der Waals surface area contributed by atoms with Crippen LogP contribution in [-0.4, -0.2) is 153 Å². The highest BCUT2D eigenvalue weighted by atomic mass is 32.1. The first-order valence-corrected chi connectivity index (χ1v) is 31.4. The summed E-state index contributed by atoms with van der Waals surface area (Å²) in [5, 5.41) is 39.5. The summed E-state index contributed by atoms with van der Waals surface area (Å²) >= 11 is 5.65. The van der Waals surface area contributed by atoms with Gasteiger partial charge in [-0.2, -0.15) is 0 Å². The fourth-order valence-electron chi connectivity index (χ4n) is 10.5. The molecule has 1 aromatic heterocycles. The number of benzene rings is 5. The molecule has 25 heteroatoms. The molecule has 23 nitrogen and oxygen atoms in total. The van der Waals surface area contributed by atoms with E-state index in [9.17, 15) is 43.4 Å². The van der Waals surface area contributed by atoms with Crippen LogP contribution in [0.2, 0.25) is 0 Å². The number of halogens is 1. The molecule has 5 aromatic carbocycles. The second kappa shape index (κ2) is 33.7. The molecule has 0 saturated carbocycles. The van der Waals surface area contributed by atoms with Crippen LogP contribution in [0.1, 0.15) is 105 Å². The number of esters is 2. The quantitative estimate of drug-likeness (QED) is 0.00775. The molecular weight excluding hydrogens is 1220 g/mol. The van der Waals surface area contributed by atoms with Crippen LogP contribution < -0.4 is 41.4 Å². The van der Waals surface area contributed by atoms with Crippen LogP contribution in [0.4, 0.5) is 10.1 Å². The summed E-state index contributed by atoms with van der Waals surface area (Å²) in [5.74, 6) is -2.39. The molecule has 9 N–H and O–H groups in total. The van der Waals surface area contributed by atoms with Crippen molar-refractivity contribution in [3.63, 3.8) is 0 Å². The predicted molar refractivity (Wildman–Crippen MR) is 347 cm³/mol. The van der Waals surface area contributed by atoms with Crippen molar-refractivity contribution in [2.24, 2.45) is 5.41 Å². The largest absolute Gasteiger partial charge is 0.508 e. The van der Waals surface area contributed by atoms with E-state index in [1.807, 2.05) is 52.1 Å². The number of nitrogens with one attached hydrogen (secondary N) is 7. The number of aromatic hydroxyl groups is 2. The van der Waals surface area contributed by atoms with E-state index in [1.54, 1.807) is 30.3 Å². The first kappa shape index (κ1) is 70.2. The second-order valence-corrected chi connectivity index (χ2v) is 24.2. The molecule has 8 rings (SSSR count). The Bertz CT molecular complexity index is 3510. The van der Waals surface area contributed by atoms with Crippen LogP contribution in [0.15, 0.2) is 109 Å². The molecule has 498 valence electrons. The number of carbonyl (C=O) groups excluding carboxylic acids is 6. The SMILES string of the molecule is CC(C)(COC(C)(C)CNC(=S)Nc1ccc2c(c1)C(=O)OC21c2ccc(O)cc2Oc2cc(O)ccc21)CC(=O)N[C@H](CCC(=O)Oc1ccc(F)cc1)C(=O)NCCOCCOCCOCCOCCNC(=O)CCCNC(=O)CCCc1c[nH]c2ccccc12. The van der Waals surface area contributed by atoms with Crippen LogP contribution in [-0.2, 0) is 64.4 Å². The van der Waals surface area contributed by atoms with Crippen LogP contribution in [0.3, 0.4) is 0 Å². The summed E-state index contributed by atoms with van der Waals surface area (Å²) in [5.41, 5.74) is 1.60. The van der Waals surface area contributed by atoms with Crippen molar-refractivity contribution in [1.29, 1.82) is 0 Å². The standard InChI is InChI=1S/C68H82FN7O16S/c1-66(2,43-89-67(3,4)42-74-65(93)75-46-16-21-52-51(37-46)64(84)92-68(52)53-22-17-47(77)38-57(53)91-58-39-48(78)18-23-54(58)68)40-61(81)76-56(24-25-62(82)90-49-19-14-45(69)15-20-49)63(83)72-28-30-86-32-34-88-36-35-87-33-31-85-29-27-71-60(80)13-8-26-70-59(79)12-7-9-44-41-73-55-11-6-5-10-50(44)55/h5-6,10-11,14-23,37-39,41,56,73,77-78H,7-9,12-13,24-36,40,42-43H2,1-4H3,(H,70,79)(H,71,80)(H,72,83)(H,76,81)(H2,74,75,93)/t56-/m1/s1. The Kier molecular flexibility index (Phi) is 25.4. The summed E-state index contributed by atoms with van der Waals surface area (Å²) in [6.07, 6.45) is 4.40. The first-order valence-electron chi connectivity index (χ1n) is 31.0. The highest BCUT2D eigenvalue weighted by Gasteiger charge is 2.54. The number of rotatable bonds is 37. The number of ether oxygens (including phenoxy) is 8. The average Bonchev–Trinajstić information content (AvgIpc) is 1.61. The van der Waals surface area contributed by atoms with E-state index in [0.717, 1.165) is 30.5 Å². The van der Waals surface area contributed by atoms with Gasteiger partial charge in [-0.1, -0.05) is 38.1 Å². The van der Waals surface area contributed by atoms with Crippen LogP contribution >= 0.6 is 12.2 Å². The summed E-state index contributed by atoms with van der Waals surface area (Å²) in [6.45, 7) is 10.9. The fourth-order valence-corrected chi connectivity index (χ4v) is 10.7. The first-order chi connectivity index (χ1) is 44.7. The van der Waals surface area contributed by atoms with Gasteiger partial charge in [0.1, 0.15) is 40.6 Å². The molecule has 6 aromatic rings. The van der Waals surface area contributed by atoms with Crippen LogP contribution in [0, 0.1) is 11.2 Å². The van der Waals surface area contributed by atoms with Gasteiger partial charge in [-0.15, -0.1) is 0 Å². The van der Waals surface area contributed by atoms with Crippen LogP contribution in [0.25, 0.3) is 10.9 Å². The zero-order valence-corrected chi connectivity index (χ0v) is 53.5. The van der Waals surface area contributed by atoms with E-state index in [-0.39, 0.29) is 110 Å². The maximum absolute atomic E-state index is 13.6. The lowest BCUT2D eigenvalue weighted by Gasteiger charge is -2.36. The molecule has 0 unspecified atom stereocenters. The van der Waals surface area contributed by atoms with Crippen molar-refractivity contribution >= 4 is 69.5 Å². The van der Waals surface area contributed by atoms with Gasteiger partial charge < -0.3 is 85.0 Å². The Hall–Kier alpha value is -8.72. The van der Waals surface area contributed by atoms with E-state index < -0.39 is 52.2 Å². The Labute approximate surface area is 544 Å². The fraction of sp³-hybridized carbons (Fsp3) is 0.426. The van der Waals surface area contributed by atoms with Crippen molar-refractivity contribution < 1.29 is 81.3 Å². The Morgan fingerprint density at radius 2 is 1.28 bits per heavy atom. The molecule has 0 saturated heterocycles. The number of aryl methyl sites for hydroxylation is 1. The van der Waals surface area contributed by atoms with Gasteiger partial charge in [0.2, 0.25) is 23.6 Å². The minimum absolute atomic E-state index is 0.0242. The van der Waals surface area contributed by atoms with Crippen LogP contribution in [0.5, 0.6) is 28.7 Å². The third-order valence-corrected chi connectivity index (χ3v) is 15.4. The molecule has 0 radical (unpaired) electrons. The maximum atomic E-state index is 13.6. The smallest absolute Gasteiger partial charge is 0.340 e. The van der Waals surface area contributed by atoms with Crippen molar-refractivity contribution in [2.75, 3.05) is 91.0 Å². The van der Waals surface area contributed by atoms with Gasteiger partial charge in [-0.3, -0.25) is 24.0 Å². The summed E-state index contributed by atoms with van der Waals surface area (Å²) in [4.78, 5) is 81.4. The van der Waals surface area contributed by atoms with E-state index in [4.69, 9.17) is 50.1 Å².